The summed E-state index contributed by atoms with van der Waals surface area (Å²) in [5, 5.41) is 11.4. The van der Waals surface area contributed by atoms with Crippen LogP contribution in [0, 0.1) is 0 Å². The van der Waals surface area contributed by atoms with Gasteiger partial charge in [0.25, 0.3) is 5.91 Å². The molecule has 2 atom stereocenters. The quantitative estimate of drug-likeness (QED) is 0.362. The number of hydrazone groups is 1. The van der Waals surface area contributed by atoms with Gasteiger partial charge in [0.05, 0.1) is 0 Å². The molecule has 0 saturated carbocycles. The molecule has 0 aromatic rings. The third-order valence-electron chi connectivity index (χ3n) is 2.48. The van der Waals surface area contributed by atoms with Crippen molar-refractivity contribution in [2.75, 3.05) is 6.54 Å². The van der Waals surface area contributed by atoms with Crippen molar-refractivity contribution in [3.8, 4) is 0 Å². The Labute approximate surface area is 103 Å². The van der Waals surface area contributed by atoms with Crippen molar-refractivity contribution in [2.45, 2.75) is 26.2 Å². The van der Waals surface area contributed by atoms with Gasteiger partial charge in [0, 0.05) is 5.71 Å². The molecule has 2 heterocycles. The summed E-state index contributed by atoms with van der Waals surface area (Å²) in [6, 6.07) is -0.789. The molecule has 5 amide bonds. The van der Waals surface area contributed by atoms with Crippen LogP contribution in [0.25, 0.3) is 0 Å². The Bertz CT molecular complexity index is 430. The van der Waals surface area contributed by atoms with E-state index in [0.717, 1.165) is 0 Å². The van der Waals surface area contributed by atoms with Crippen LogP contribution in [0.4, 0.5) is 9.59 Å². The second-order valence-electron chi connectivity index (χ2n) is 4.21. The number of carbonyl (C=O) groups excluding carboxylic acids is 3. The van der Waals surface area contributed by atoms with Crippen LogP contribution in [0.2, 0.25) is 0 Å². The highest BCUT2D eigenvalue weighted by molar-refractivity contribution is 5.89. The summed E-state index contributed by atoms with van der Waals surface area (Å²) in [6.07, 6.45) is -1.06. The average molecular weight is 254 g/mol. The fraction of sp³-hybridized carbons (Fsp3) is 0.556. The maximum atomic E-state index is 11.6. The lowest BCUT2D eigenvalue weighted by atomic mass is 10.4. The summed E-state index contributed by atoms with van der Waals surface area (Å²) in [7, 11) is 0. The molecule has 9 heteroatoms. The number of nitrogens with one attached hydrogen (secondary N) is 4. The monoisotopic (exact) mass is 254 g/mol. The van der Waals surface area contributed by atoms with Crippen LogP contribution in [0.5, 0.6) is 0 Å². The molecule has 4 N–H and O–H groups in total. The number of amides is 5. The SMILES string of the molecule is CC(C)=NNC(=O)CN1C(=O)N[C@H]2NC(=O)N[C@H]21. The highest BCUT2D eigenvalue weighted by Gasteiger charge is 2.45. The zero-order chi connectivity index (χ0) is 13.3. The minimum Gasteiger partial charge on any atom is -0.314 e. The van der Waals surface area contributed by atoms with Crippen molar-refractivity contribution in [1.82, 2.24) is 26.3 Å². The van der Waals surface area contributed by atoms with Gasteiger partial charge in [0.15, 0.2) is 0 Å². The molecule has 0 unspecified atom stereocenters. The number of nitrogens with zero attached hydrogens (tertiary/aromatic N) is 2. The lowest BCUT2D eigenvalue weighted by Crippen LogP contribution is -2.47. The van der Waals surface area contributed by atoms with Gasteiger partial charge in [0.1, 0.15) is 18.9 Å². The van der Waals surface area contributed by atoms with Crippen molar-refractivity contribution >= 4 is 23.7 Å². The summed E-state index contributed by atoms with van der Waals surface area (Å²) in [5.74, 6) is -0.423. The van der Waals surface area contributed by atoms with Gasteiger partial charge in [0.2, 0.25) is 0 Å². The van der Waals surface area contributed by atoms with Crippen LogP contribution >= 0.6 is 0 Å². The fourth-order valence-corrected chi connectivity index (χ4v) is 1.73. The number of fused-ring (bicyclic) bond motifs is 1. The van der Waals surface area contributed by atoms with Gasteiger partial charge in [-0.1, -0.05) is 0 Å². The van der Waals surface area contributed by atoms with Crippen LogP contribution < -0.4 is 21.4 Å². The van der Waals surface area contributed by atoms with Crippen LogP contribution in [0.1, 0.15) is 13.8 Å². The highest BCUT2D eigenvalue weighted by atomic mass is 16.2. The molecule has 2 aliphatic rings. The van der Waals surface area contributed by atoms with Gasteiger partial charge in [-0.05, 0) is 13.8 Å². The first kappa shape index (κ1) is 12.1. The Kier molecular flexibility index (Phi) is 3.04. The van der Waals surface area contributed by atoms with Crippen LogP contribution in [-0.2, 0) is 4.79 Å². The van der Waals surface area contributed by atoms with Gasteiger partial charge in [-0.2, -0.15) is 5.10 Å². The highest BCUT2D eigenvalue weighted by Crippen LogP contribution is 2.13. The summed E-state index contributed by atoms with van der Waals surface area (Å²) < 4.78 is 0. The first-order chi connectivity index (χ1) is 8.47. The van der Waals surface area contributed by atoms with E-state index in [-0.39, 0.29) is 12.6 Å². The molecular formula is C9H14N6O3. The fourth-order valence-electron chi connectivity index (χ4n) is 1.73. The van der Waals surface area contributed by atoms with Gasteiger partial charge < -0.3 is 16.0 Å². The Morgan fingerprint density at radius 1 is 1.33 bits per heavy atom. The van der Waals surface area contributed by atoms with E-state index in [0.29, 0.717) is 5.71 Å². The number of hydrogen-bond donors (Lipinski definition) is 4. The molecular weight excluding hydrogens is 240 g/mol. The van der Waals surface area contributed by atoms with E-state index in [4.69, 9.17) is 0 Å². The summed E-state index contributed by atoms with van der Waals surface area (Å²) in [4.78, 5) is 35.4. The number of hydrogen-bond acceptors (Lipinski definition) is 4. The number of rotatable bonds is 3. The molecule has 0 aliphatic carbocycles. The zero-order valence-electron chi connectivity index (χ0n) is 9.98. The molecule has 2 aliphatic heterocycles. The third-order valence-corrected chi connectivity index (χ3v) is 2.48. The average Bonchev–Trinajstić information content (AvgIpc) is 2.74. The minimum absolute atomic E-state index is 0.175. The van der Waals surface area contributed by atoms with Crippen molar-refractivity contribution in [1.29, 1.82) is 0 Å². The second-order valence-corrected chi connectivity index (χ2v) is 4.21. The summed E-state index contributed by atoms with van der Waals surface area (Å²) in [5.41, 5.74) is 3.01. The topological polar surface area (TPSA) is 115 Å². The molecule has 18 heavy (non-hydrogen) atoms. The molecule has 2 fully saturated rings. The molecule has 0 radical (unpaired) electrons. The van der Waals surface area contributed by atoms with E-state index >= 15 is 0 Å². The molecule has 0 bridgehead atoms. The molecule has 2 rings (SSSR count). The van der Waals surface area contributed by atoms with E-state index in [1.807, 2.05) is 0 Å². The first-order valence-corrected chi connectivity index (χ1v) is 5.41. The van der Waals surface area contributed by atoms with Gasteiger partial charge in [-0.25, -0.2) is 15.0 Å². The van der Waals surface area contributed by atoms with Crippen molar-refractivity contribution in [2.24, 2.45) is 5.10 Å². The molecule has 0 spiro atoms. The molecule has 9 nitrogen and oxygen atoms in total. The normalized spacial score (nSPS) is 24.9. The maximum Gasteiger partial charge on any atom is 0.321 e. The van der Waals surface area contributed by atoms with E-state index in [2.05, 4.69) is 26.5 Å². The van der Waals surface area contributed by atoms with Crippen LogP contribution in [0.15, 0.2) is 5.10 Å². The van der Waals surface area contributed by atoms with E-state index in [1.165, 1.54) is 4.90 Å². The Morgan fingerprint density at radius 3 is 2.72 bits per heavy atom. The lowest BCUT2D eigenvalue weighted by molar-refractivity contribution is -0.121. The first-order valence-electron chi connectivity index (χ1n) is 5.41. The van der Waals surface area contributed by atoms with Gasteiger partial charge >= 0.3 is 12.1 Å². The van der Waals surface area contributed by atoms with E-state index < -0.39 is 24.3 Å². The molecule has 0 aromatic carbocycles. The number of carbonyl (C=O) groups is 3. The van der Waals surface area contributed by atoms with Crippen LogP contribution in [0.3, 0.4) is 0 Å². The smallest absolute Gasteiger partial charge is 0.314 e. The zero-order valence-corrected chi connectivity index (χ0v) is 9.98. The Hall–Kier alpha value is -2.32. The van der Waals surface area contributed by atoms with Crippen molar-refractivity contribution in [3.05, 3.63) is 0 Å². The number of urea groups is 2. The van der Waals surface area contributed by atoms with E-state index in [9.17, 15) is 14.4 Å². The second kappa shape index (κ2) is 4.51. The van der Waals surface area contributed by atoms with E-state index in [1.54, 1.807) is 13.8 Å². The van der Waals surface area contributed by atoms with Gasteiger partial charge in [-0.15, -0.1) is 0 Å². The molecule has 0 aromatic heterocycles. The molecule has 98 valence electrons. The summed E-state index contributed by atoms with van der Waals surface area (Å²) >= 11 is 0. The predicted octanol–water partition coefficient (Wildman–Crippen LogP) is -1.51. The standard InChI is InChI=1S/C9H14N6O3/c1-4(2)13-14-5(16)3-15-7-6(11-9(15)18)10-8(17)12-7/h6-7H,3H2,1-2H3,(H,11,18)(H,14,16)(H2,10,12,17)/t6-,7+/m1/s1. The van der Waals surface area contributed by atoms with Gasteiger partial charge in [-0.3, -0.25) is 9.69 Å². The third kappa shape index (κ3) is 2.34. The maximum absolute atomic E-state index is 11.6. The van der Waals surface area contributed by atoms with Crippen molar-refractivity contribution < 1.29 is 14.4 Å². The largest absolute Gasteiger partial charge is 0.321 e. The molecule has 2 saturated heterocycles. The minimum atomic E-state index is -0.553. The Morgan fingerprint density at radius 2 is 2.06 bits per heavy atom. The van der Waals surface area contributed by atoms with Crippen molar-refractivity contribution in [3.63, 3.8) is 0 Å². The Balaban J connectivity index is 1.96. The predicted molar refractivity (Wildman–Crippen MR) is 61.4 cm³/mol. The summed E-state index contributed by atoms with van der Waals surface area (Å²) in [6.45, 7) is 3.30. The van der Waals surface area contributed by atoms with Crippen LogP contribution in [-0.4, -0.2) is 47.5 Å². The lowest BCUT2D eigenvalue weighted by Gasteiger charge is -2.19.